The van der Waals surface area contributed by atoms with Crippen LogP contribution in [0.2, 0.25) is 0 Å². The van der Waals surface area contributed by atoms with E-state index in [0.29, 0.717) is 16.6 Å². The number of nitrogens with zero attached hydrogens (tertiary/aromatic N) is 4. The average molecular weight is 624 g/mol. The lowest BCUT2D eigenvalue weighted by Crippen LogP contribution is -2.68. The second-order valence-corrected chi connectivity index (χ2v) is 12.1. The molecule has 6 N–H and O–H groups in total. The number of nitrogens with one attached hydrogen (secondary N) is 1. The van der Waals surface area contributed by atoms with E-state index in [1.165, 1.54) is 19.2 Å². The zero-order valence-electron chi connectivity index (χ0n) is 23.1. The number of piperidine rings is 1. The topological polar surface area (TPSA) is 221 Å². The van der Waals surface area contributed by atoms with E-state index in [2.05, 4.69) is 24.7 Å². The highest BCUT2D eigenvalue weighted by Gasteiger charge is 2.57. The summed E-state index contributed by atoms with van der Waals surface area (Å²) in [5.41, 5.74) is 11.5. The van der Waals surface area contributed by atoms with Crippen molar-refractivity contribution in [3.05, 3.63) is 40.9 Å². The number of β-lactam (4-membered cyclic amide) rings is 1. The molecule has 3 heterocycles. The Morgan fingerprint density at radius 3 is 2.52 bits per heavy atom. The number of Topliss-reactive ketones (excluding diaryl/α,β-unsaturated/α-hetero) is 1. The van der Waals surface area contributed by atoms with Crippen LogP contribution in [0.15, 0.2) is 39.8 Å². The van der Waals surface area contributed by atoms with E-state index in [-0.39, 0.29) is 42.2 Å². The molecule has 2 aromatic rings. The zero-order chi connectivity index (χ0) is 30.5. The number of aliphatic imine (C=N–C) groups is 1. The first-order valence-corrected chi connectivity index (χ1v) is 15.3. The Balaban J connectivity index is 1.32. The van der Waals surface area contributed by atoms with Gasteiger partial charge in [-0.3, -0.25) is 19.1 Å². The summed E-state index contributed by atoms with van der Waals surface area (Å²) in [5.74, 6) is -1.26. The van der Waals surface area contributed by atoms with Crippen LogP contribution in [0.3, 0.4) is 0 Å². The van der Waals surface area contributed by atoms with Crippen molar-refractivity contribution in [2.24, 2.45) is 21.8 Å². The molecule has 1 atom stereocenters. The number of hydroxylamine groups is 2. The minimum Gasteiger partial charge on any atom is -0.490 e. The zero-order valence-corrected chi connectivity index (χ0v) is 24.7. The van der Waals surface area contributed by atoms with Crippen molar-refractivity contribution in [1.29, 1.82) is 0 Å². The SMILES string of the molecule is CC1(C)[C@H](CC(=O)/C(=N\OCCOc2ccc(C(N)=NC3CCNCC3)cc2)c2csc(N)n2)C(=O)N1OS(=O)(=O)O. The maximum atomic E-state index is 13.2. The largest absolute Gasteiger partial charge is 0.490 e. The van der Waals surface area contributed by atoms with Gasteiger partial charge in [0.2, 0.25) is 0 Å². The molecule has 2 saturated heterocycles. The second kappa shape index (κ2) is 13.1. The molecule has 0 spiro atoms. The van der Waals surface area contributed by atoms with E-state index in [9.17, 15) is 18.0 Å². The molecule has 2 aliphatic rings. The molecule has 17 heteroatoms. The number of amidine groups is 1. The van der Waals surface area contributed by atoms with Crippen molar-refractivity contribution in [3.63, 3.8) is 0 Å². The molecule has 1 amide bonds. The van der Waals surface area contributed by atoms with Crippen molar-refractivity contribution in [1.82, 2.24) is 15.4 Å². The molecule has 42 heavy (non-hydrogen) atoms. The first-order chi connectivity index (χ1) is 19.8. The van der Waals surface area contributed by atoms with E-state index in [1.807, 2.05) is 12.1 Å². The fourth-order valence-corrected chi connectivity index (χ4v) is 5.52. The van der Waals surface area contributed by atoms with Crippen LogP contribution in [0, 0.1) is 5.92 Å². The van der Waals surface area contributed by atoms with Gasteiger partial charge in [0.1, 0.15) is 23.9 Å². The Labute approximate surface area is 246 Å². The number of amides is 1. The molecule has 0 radical (unpaired) electrons. The Morgan fingerprint density at radius 2 is 1.93 bits per heavy atom. The van der Waals surface area contributed by atoms with E-state index in [4.69, 9.17) is 25.6 Å². The third-order valence-electron chi connectivity index (χ3n) is 6.84. The van der Waals surface area contributed by atoms with Crippen LogP contribution in [0.5, 0.6) is 5.75 Å². The van der Waals surface area contributed by atoms with Gasteiger partial charge in [0.15, 0.2) is 23.2 Å². The van der Waals surface area contributed by atoms with Crippen molar-refractivity contribution in [3.8, 4) is 5.75 Å². The van der Waals surface area contributed by atoms with Crippen LogP contribution in [0.4, 0.5) is 5.13 Å². The van der Waals surface area contributed by atoms with Gasteiger partial charge in [-0.15, -0.1) is 15.6 Å². The van der Waals surface area contributed by atoms with Gasteiger partial charge in [0, 0.05) is 17.4 Å². The van der Waals surface area contributed by atoms with Crippen LogP contribution in [0.1, 0.15) is 44.4 Å². The monoisotopic (exact) mass is 623 g/mol. The van der Waals surface area contributed by atoms with Gasteiger partial charge in [-0.25, -0.2) is 4.98 Å². The van der Waals surface area contributed by atoms with Crippen LogP contribution in [-0.2, 0) is 29.1 Å². The number of hydrogen-bond donors (Lipinski definition) is 4. The summed E-state index contributed by atoms with van der Waals surface area (Å²) in [4.78, 5) is 39.7. The van der Waals surface area contributed by atoms with Gasteiger partial charge in [0.25, 0.3) is 5.91 Å². The maximum Gasteiger partial charge on any atom is 0.418 e. The van der Waals surface area contributed by atoms with E-state index >= 15 is 0 Å². The molecule has 15 nitrogen and oxygen atoms in total. The first kappa shape index (κ1) is 31.3. The van der Waals surface area contributed by atoms with Gasteiger partial charge < -0.3 is 26.4 Å². The second-order valence-electron chi connectivity index (χ2n) is 10.2. The highest BCUT2D eigenvalue weighted by molar-refractivity contribution is 7.80. The molecule has 228 valence electrons. The highest BCUT2D eigenvalue weighted by Crippen LogP contribution is 2.40. The molecule has 1 aromatic carbocycles. The molecule has 4 rings (SSSR count). The van der Waals surface area contributed by atoms with E-state index in [0.717, 1.165) is 42.8 Å². The fraction of sp³-hybridized carbons (Fsp3) is 0.480. The number of thiazole rings is 1. The molecular weight excluding hydrogens is 590 g/mol. The van der Waals surface area contributed by atoms with Gasteiger partial charge in [-0.05, 0) is 64.0 Å². The van der Waals surface area contributed by atoms with Crippen molar-refractivity contribution >= 4 is 50.1 Å². The number of benzene rings is 1. The number of nitrogen functional groups attached to an aromatic ring is 1. The Kier molecular flexibility index (Phi) is 9.78. The Bertz CT molecular complexity index is 1450. The summed E-state index contributed by atoms with van der Waals surface area (Å²) in [6.45, 7) is 4.94. The summed E-state index contributed by atoms with van der Waals surface area (Å²) < 4.78 is 41.1. The third-order valence-corrected chi connectivity index (χ3v) is 7.85. The minimum absolute atomic E-state index is 0.0126. The quantitative estimate of drug-likeness (QED) is 0.0611. The molecular formula is C25H33N7O8S2. The van der Waals surface area contributed by atoms with Crippen LogP contribution < -0.4 is 21.5 Å². The number of aromatic nitrogens is 1. The summed E-state index contributed by atoms with van der Waals surface area (Å²) in [6, 6.07) is 7.39. The van der Waals surface area contributed by atoms with Crippen LogP contribution >= 0.6 is 11.3 Å². The minimum atomic E-state index is -4.92. The number of anilines is 1. The van der Waals surface area contributed by atoms with Gasteiger partial charge in [0.05, 0.1) is 17.5 Å². The predicted molar refractivity (Wildman–Crippen MR) is 154 cm³/mol. The lowest BCUT2D eigenvalue weighted by Gasteiger charge is -2.50. The average Bonchev–Trinajstić information content (AvgIpc) is 3.38. The molecule has 0 unspecified atom stereocenters. The fourth-order valence-electron chi connectivity index (χ4n) is 4.52. The smallest absolute Gasteiger partial charge is 0.418 e. The summed E-state index contributed by atoms with van der Waals surface area (Å²) >= 11 is 1.09. The number of rotatable bonds is 13. The standard InChI is InChI=1S/C25H33N7O8S2/c1-25(2)18(23(34)32(25)40-42(35,36)37)13-20(33)21(19-14-41-24(27)30-19)31-39-12-11-38-17-5-3-15(4-6-17)22(26)29-16-7-9-28-10-8-16/h3-6,14,16,18,28H,7-13H2,1-2H3,(H2,26,29)(H2,27,30)(H,35,36,37)/b31-21-/t18-/m1/s1. The lowest BCUT2D eigenvalue weighted by molar-refractivity contribution is -0.228. The first-order valence-electron chi connectivity index (χ1n) is 13.1. The van der Waals surface area contributed by atoms with E-state index in [1.54, 1.807) is 12.1 Å². The Hall–Kier alpha value is -3.64. The van der Waals surface area contributed by atoms with Gasteiger partial charge in [-0.1, -0.05) is 5.16 Å². The molecule has 0 bridgehead atoms. The summed E-state index contributed by atoms with van der Waals surface area (Å²) in [6.07, 6.45) is 1.56. The number of oxime groups is 1. The third kappa shape index (κ3) is 7.80. The normalized spacial score (nSPS) is 19.8. The van der Waals surface area contributed by atoms with Crippen LogP contribution in [0.25, 0.3) is 0 Å². The van der Waals surface area contributed by atoms with Crippen LogP contribution in [-0.4, -0.2) is 84.1 Å². The highest BCUT2D eigenvalue weighted by atomic mass is 32.3. The number of nitrogens with two attached hydrogens (primary N) is 2. The van der Waals surface area contributed by atoms with Crippen molar-refractivity contribution in [2.45, 2.75) is 44.7 Å². The van der Waals surface area contributed by atoms with Gasteiger partial charge >= 0.3 is 10.4 Å². The predicted octanol–water partition coefficient (Wildman–Crippen LogP) is 0.913. The number of ketones is 1. The number of carbonyl (C=O) groups excluding carboxylic acids is 2. The van der Waals surface area contributed by atoms with Crippen molar-refractivity contribution in [2.75, 3.05) is 32.0 Å². The molecule has 0 saturated carbocycles. The molecule has 1 aromatic heterocycles. The van der Waals surface area contributed by atoms with Crippen molar-refractivity contribution < 1.29 is 36.4 Å². The number of hydrogen-bond acceptors (Lipinski definition) is 13. The lowest BCUT2D eigenvalue weighted by atomic mass is 9.74. The summed E-state index contributed by atoms with van der Waals surface area (Å²) in [7, 11) is -4.92. The number of ether oxygens (including phenoxy) is 1. The maximum absolute atomic E-state index is 13.2. The summed E-state index contributed by atoms with van der Waals surface area (Å²) in [5, 5.41) is 9.47. The van der Waals surface area contributed by atoms with E-state index < -0.39 is 33.5 Å². The number of carbonyl (C=O) groups is 2. The molecule has 0 aliphatic carbocycles. The molecule has 2 fully saturated rings. The molecule has 2 aliphatic heterocycles. The van der Waals surface area contributed by atoms with Gasteiger partial charge in [-0.2, -0.15) is 13.5 Å². The Morgan fingerprint density at radius 1 is 1.24 bits per heavy atom.